The summed E-state index contributed by atoms with van der Waals surface area (Å²) in [6.07, 6.45) is 8.13. The highest BCUT2D eigenvalue weighted by atomic mass is 16.5. The lowest BCUT2D eigenvalue weighted by molar-refractivity contribution is -0.144. The average molecular weight is 413 g/mol. The standard InChI is InChI=1S/C24H32N2O4/c1-30-20-13-7-6-12-19(20)24(16-21(27)25-14-8-2-3-9-15-25)17-22(28)26(23(24)29)18-10-4-5-11-18/h6-7,12-13,18H,2-5,8-11,14-17H2,1H3. The normalized spacial score (nSPS) is 25.6. The van der Waals surface area contributed by atoms with E-state index in [1.54, 1.807) is 7.11 Å². The lowest BCUT2D eigenvalue weighted by Crippen LogP contribution is -2.46. The topological polar surface area (TPSA) is 66.9 Å². The van der Waals surface area contributed by atoms with Crippen molar-refractivity contribution in [3.05, 3.63) is 29.8 Å². The molecule has 6 heteroatoms. The molecule has 2 heterocycles. The smallest absolute Gasteiger partial charge is 0.241 e. The molecule has 1 aromatic rings. The van der Waals surface area contributed by atoms with Gasteiger partial charge in [0.25, 0.3) is 0 Å². The highest BCUT2D eigenvalue weighted by molar-refractivity contribution is 6.11. The van der Waals surface area contributed by atoms with Gasteiger partial charge in [-0.3, -0.25) is 19.3 Å². The van der Waals surface area contributed by atoms with Crippen LogP contribution in [0, 0.1) is 0 Å². The van der Waals surface area contributed by atoms with Crippen LogP contribution in [0.2, 0.25) is 0 Å². The molecule has 4 rings (SSSR count). The minimum absolute atomic E-state index is 0.0289. The van der Waals surface area contributed by atoms with Gasteiger partial charge in [-0.15, -0.1) is 0 Å². The van der Waals surface area contributed by atoms with Crippen LogP contribution in [0.15, 0.2) is 24.3 Å². The van der Waals surface area contributed by atoms with Gasteiger partial charge < -0.3 is 9.64 Å². The maximum atomic E-state index is 13.9. The molecule has 1 saturated carbocycles. The number of hydrogen-bond donors (Lipinski definition) is 0. The van der Waals surface area contributed by atoms with Crippen molar-refractivity contribution in [3.63, 3.8) is 0 Å². The van der Waals surface area contributed by atoms with Gasteiger partial charge in [0, 0.05) is 37.5 Å². The van der Waals surface area contributed by atoms with Crippen molar-refractivity contribution in [1.82, 2.24) is 9.80 Å². The molecule has 3 aliphatic rings. The van der Waals surface area contributed by atoms with Crippen molar-refractivity contribution in [3.8, 4) is 5.75 Å². The third-order valence-electron chi connectivity index (χ3n) is 7.07. The molecule has 0 aromatic heterocycles. The molecule has 30 heavy (non-hydrogen) atoms. The second kappa shape index (κ2) is 8.78. The van der Waals surface area contributed by atoms with Gasteiger partial charge in [-0.1, -0.05) is 43.9 Å². The van der Waals surface area contributed by atoms with Crippen LogP contribution in [0.25, 0.3) is 0 Å². The molecule has 162 valence electrons. The van der Waals surface area contributed by atoms with Gasteiger partial charge in [0.2, 0.25) is 17.7 Å². The molecule has 0 bridgehead atoms. The number of ether oxygens (including phenoxy) is 1. The molecular weight excluding hydrogens is 380 g/mol. The summed E-state index contributed by atoms with van der Waals surface area (Å²) in [4.78, 5) is 43.7. The maximum absolute atomic E-state index is 13.9. The van der Waals surface area contributed by atoms with E-state index in [0.29, 0.717) is 11.3 Å². The minimum Gasteiger partial charge on any atom is -0.496 e. The summed E-state index contributed by atoms with van der Waals surface area (Å²) < 4.78 is 5.57. The second-order valence-corrected chi connectivity index (χ2v) is 8.94. The summed E-state index contributed by atoms with van der Waals surface area (Å²) >= 11 is 0. The van der Waals surface area contributed by atoms with Crippen LogP contribution in [0.3, 0.4) is 0 Å². The van der Waals surface area contributed by atoms with E-state index in [4.69, 9.17) is 4.74 Å². The number of nitrogens with zero attached hydrogens (tertiary/aromatic N) is 2. The van der Waals surface area contributed by atoms with Gasteiger partial charge in [0.05, 0.1) is 12.5 Å². The molecule has 1 aromatic carbocycles. The third-order valence-corrected chi connectivity index (χ3v) is 7.07. The largest absolute Gasteiger partial charge is 0.496 e. The van der Waals surface area contributed by atoms with Gasteiger partial charge in [-0.05, 0) is 31.7 Å². The molecule has 1 unspecified atom stereocenters. The molecular formula is C24H32N2O4. The Morgan fingerprint density at radius 3 is 2.37 bits per heavy atom. The van der Waals surface area contributed by atoms with Crippen molar-refractivity contribution >= 4 is 17.7 Å². The fourth-order valence-electron chi connectivity index (χ4n) is 5.47. The van der Waals surface area contributed by atoms with Crippen LogP contribution in [0.4, 0.5) is 0 Å². The van der Waals surface area contributed by atoms with Crippen molar-refractivity contribution in [2.24, 2.45) is 0 Å². The number of benzene rings is 1. The molecule has 1 aliphatic carbocycles. The fourth-order valence-corrected chi connectivity index (χ4v) is 5.47. The van der Waals surface area contributed by atoms with E-state index < -0.39 is 5.41 Å². The highest BCUT2D eigenvalue weighted by Gasteiger charge is 2.56. The van der Waals surface area contributed by atoms with Crippen LogP contribution in [0.5, 0.6) is 5.75 Å². The predicted octanol–water partition coefficient (Wildman–Crippen LogP) is 3.43. The van der Waals surface area contributed by atoms with Crippen molar-refractivity contribution in [2.75, 3.05) is 20.2 Å². The van der Waals surface area contributed by atoms with Crippen LogP contribution in [-0.4, -0.2) is 53.8 Å². The Morgan fingerprint density at radius 2 is 1.70 bits per heavy atom. The SMILES string of the molecule is COc1ccccc1C1(CC(=O)N2CCCCCC2)CC(=O)N(C2CCCC2)C1=O. The molecule has 3 fully saturated rings. The van der Waals surface area contributed by atoms with Crippen LogP contribution >= 0.6 is 0 Å². The Hall–Kier alpha value is -2.37. The zero-order valence-electron chi connectivity index (χ0n) is 17.9. The minimum atomic E-state index is -1.17. The van der Waals surface area contributed by atoms with E-state index in [1.807, 2.05) is 29.2 Å². The van der Waals surface area contributed by atoms with Crippen LogP contribution in [0.1, 0.15) is 69.8 Å². The van der Waals surface area contributed by atoms with E-state index in [9.17, 15) is 14.4 Å². The molecule has 3 amide bonds. The molecule has 0 N–H and O–H groups in total. The van der Waals surface area contributed by atoms with E-state index in [2.05, 4.69) is 0 Å². The quantitative estimate of drug-likeness (QED) is 0.695. The zero-order valence-corrected chi connectivity index (χ0v) is 17.9. The first-order valence-corrected chi connectivity index (χ1v) is 11.3. The van der Waals surface area contributed by atoms with E-state index in [1.165, 1.54) is 4.90 Å². The predicted molar refractivity (Wildman–Crippen MR) is 113 cm³/mol. The Balaban J connectivity index is 1.71. The van der Waals surface area contributed by atoms with Gasteiger partial charge in [-0.25, -0.2) is 0 Å². The number of methoxy groups -OCH3 is 1. The summed E-state index contributed by atoms with van der Waals surface area (Å²) in [5.41, 5.74) is -0.509. The van der Waals surface area contributed by atoms with Crippen molar-refractivity contribution in [2.45, 2.75) is 75.7 Å². The average Bonchev–Trinajstić information content (AvgIpc) is 3.24. The first kappa shape index (κ1) is 20.9. The zero-order chi connectivity index (χ0) is 21.1. The highest BCUT2D eigenvalue weighted by Crippen LogP contribution is 2.46. The number of rotatable bonds is 5. The third kappa shape index (κ3) is 3.72. The molecule has 1 atom stereocenters. The summed E-state index contributed by atoms with van der Waals surface area (Å²) in [5, 5.41) is 0. The van der Waals surface area contributed by atoms with Crippen molar-refractivity contribution in [1.29, 1.82) is 0 Å². The van der Waals surface area contributed by atoms with E-state index >= 15 is 0 Å². The Bertz CT molecular complexity index is 809. The monoisotopic (exact) mass is 412 g/mol. The molecule has 2 aliphatic heterocycles. The molecule has 0 spiro atoms. The van der Waals surface area contributed by atoms with Gasteiger partial charge in [0.1, 0.15) is 5.75 Å². The van der Waals surface area contributed by atoms with Gasteiger partial charge >= 0.3 is 0 Å². The number of imide groups is 1. The number of likely N-dealkylation sites (tertiary alicyclic amines) is 2. The van der Waals surface area contributed by atoms with Crippen LogP contribution < -0.4 is 4.74 Å². The summed E-state index contributed by atoms with van der Waals surface area (Å²) in [6, 6.07) is 7.32. The molecule has 6 nitrogen and oxygen atoms in total. The lowest BCUT2D eigenvalue weighted by atomic mass is 9.75. The first-order valence-electron chi connectivity index (χ1n) is 11.3. The number of carbonyl (C=O) groups is 3. The molecule has 0 radical (unpaired) electrons. The first-order chi connectivity index (χ1) is 14.6. The Kier molecular flexibility index (Phi) is 6.11. The number of carbonyl (C=O) groups excluding carboxylic acids is 3. The Labute approximate surface area is 178 Å². The van der Waals surface area contributed by atoms with Crippen LogP contribution in [-0.2, 0) is 19.8 Å². The van der Waals surface area contributed by atoms with Crippen molar-refractivity contribution < 1.29 is 19.1 Å². The fraction of sp³-hybridized carbons (Fsp3) is 0.625. The van der Waals surface area contributed by atoms with E-state index in [0.717, 1.165) is 64.5 Å². The van der Waals surface area contributed by atoms with E-state index in [-0.39, 0.29) is 36.6 Å². The molecule has 2 saturated heterocycles. The number of para-hydroxylation sites is 1. The van der Waals surface area contributed by atoms with Gasteiger partial charge in [0.15, 0.2) is 0 Å². The lowest BCUT2D eigenvalue weighted by Gasteiger charge is -2.32. The van der Waals surface area contributed by atoms with Gasteiger partial charge in [-0.2, -0.15) is 0 Å². The number of amides is 3. The second-order valence-electron chi connectivity index (χ2n) is 8.94. The number of hydrogen-bond acceptors (Lipinski definition) is 4. The summed E-state index contributed by atoms with van der Waals surface area (Å²) in [5.74, 6) is 0.168. The Morgan fingerprint density at radius 1 is 1.03 bits per heavy atom. The summed E-state index contributed by atoms with van der Waals surface area (Å²) in [6.45, 7) is 1.46. The maximum Gasteiger partial charge on any atom is 0.241 e. The summed E-state index contributed by atoms with van der Waals surface area (Å²) in [7, 11) is 1.57.